The van der Waals surface area contributed by atoms with E-state index >= 15 is 0 Å². The number of hydrogen-bond acceptors (Lipinski definition) is 4. The summed E-state index contributed by atoms with van der Waals surface area (Å²) in [4.78, 5) is 9.15. The van der Waals surface area contributed by atoms with Crippen LogP contribution < -0.4 is 10.6 Å². The van der Waals surface area contributed by atoms with Crippen molar-refractivity contribution in [3.05, 3.63) is 11.4 Å². The molecule has 4 nitrogen and oxygen atoms in total. The third-order valence-corrected chi connectivity index (χ3v) is 3.05. The highest BCUT2D eigenvalue weighted by molar-refractivity contribution is 5.57. The van der Waals surface area contributed by atoms with Crippen LogP contribution in [0.15, 0.2) is 0 Å². The van der Waals surface area contributed by atoms with Gasteiger partial charge in [0.15, 0.2) is 0 Å². The fraction of sp³-hybridized carbons (Fsp3) is 0.714. The third kappa shape index (κ3) is 3.86. The van der Waals surface area contributed by atoms with Crippen molar-refractivity contribution in [3.8, 4) is 0 Å². The first-order valence-electron chi connectivity index (χ1n) is 7.00. The Morgan fingerprint density at radius 2 is 1.78 bits per heavy atom. The molecule has 0 saturated heterocycles. The number of aryl methyl sites for hydroxylation is 1. The molecular formula is C14H26N4. The second kappa shape index (κ2) is 7.19. The number of aromatic nitrogens is 2. The predicted octanol–water partition coefficient (Wildman–Crippen LogP) is 3.38. The van der Waals surface area contributed by atoms with E-state index < -0.39 is 0 Å². The van der Waals surface area contributed by atoms with Gasteiger partial charge in [-0.05, 0) is 26.7 Å². The molecule has 0 aliphatic heterocycles. The summed E-state index contributed by atoms with van der Waals surface area (Å²) in [6.45, 7) is 11.6. The van der Waals surface area contributed by atoms with Crippen LogP contribution in [0.5, 0.6) is 0 Å². The van der Waals surface area contributed by atoms with E-state index in [9.17, 15) is 0 Å². The van der Waals surface area contributed by atoms with Crippen molar-refractivity contribution in [2.75, 3.05) is 17.2 Å². The molecule has 1 aromatic rings. The lowest BCUT2D eigenvalue weighted by Crippen LogP contribution is -2.18. The molecule has 2 N–H and O–H groups in total. The maximum atomic E-state index is 4.59. The Balaban J connectivity index is 3.00. The highest BCUT2D eigenvalue weighted by Gasteiger charge is 2.11. The van der Waals surface area contributed by atoms with E-state index in [1.807, 2.05) is 0 Å². The van der Waals surface area contributed by atoms with Crippen LogP contribution in [0.4, 0.5) is 11.6 Å². The second-order valence-electron chi connectivity index (χ2n) is 4.70. The molecule has 0 aromatic carbocycles. The minimum Gasteiger partial charge on any atom is -0.370 e. The van der Waals surface area contributed by atoms with E-state index in [4.69, 9.17) is 0 Å². The van der Waals surface area contributed by atoms with Gasteiger partial charge in [0.1, 0.15) is 17.5 Å². The predicted molar refractivity (Wildman–Crippen MR) is 78.3 cm³/mol. The van der Waals surface area contributed by atoms with Gasteiger partial charge < -0.3 is 10.6 Å². The van der Waals surface area contributed by atoms with Crippen molar-refractivity contribution >= 4 is 11.6 Å². The van der Waals surface area contributed by atoms with Crippen LogP contribution in [0.1, 0.15) is 51.9 Å². The quantitative estimate of drug-likeness (QED) is 0.779. The van der Waals surface area contributed by atoms with Crippen molar-refractivity contribution in [1.29, 1.82) is 0 Å². The first kappa shape index (κ1) is 14.7. The average Bonchev–Trinajstić information content (AvgIpc) is 2.39. The molecule has 0 fully saturated rings. The van der Waals surface area contributed by atoms with Gasteiger partial charge in [0.25, 0.3) is 0 Å². The zero-order chi connectivity index (χ0) is 13.5. The maximum Gasteiger partial charge on any atom is 0.134 e. The highest BCUT2D eigenvalue weighted by Crippen LogP contribution is 2.21. The molecule has 0 spiro atoms. The lowest BCUT2D eigenvalue weighted by atomic mass is 10.2. The topological polar surface area (TPSA) is 49.8 Å². The summed E-state index contributed by atoms with van der Waals surface area (Å²) in [5.41, 5.74) is 1.11. The van der Waals surface area contributed by atoms with Gasteiger partial charge >= 0.3 is 0 Å². The minimum absolute atomic E-state index is 0.433. The molecule has 4 heteroatoms. The molecule has 0 aliphatic rings. The van der Waals surface area contributed by atoms with Crippen molar-refractivity contribution < 1.29 is 0 Å². The van der Waals surface area contributed by atoms with E-state index in [1.54, 1.807) is 0 Å². The van der Waals surface area contributed by atoms with Crippen LogP contribution in [0.25, 0.3) is 0 Å². The number of nitrogens with one attached hydrogen (secondary N) is 2. The average molecular weight is 250 g/mol. The number of anilines is 2. The Labute approximate surface area is 111 Å². The van der Waals surface area contributed by atoms with E-state index in [1.165, 1.54) is 0 Å². The molecule has 0 radical (unpaired) electrons. The van der Waals surface area contributed by atoms with Gasteiger partial charge in [-0.25, -0.2) is 9.97 Å². The summed E-state index contributed by atoms with van der Waals surface area (Å²) < 4.78 is 0. The molecule has 0 aliphatic carbocycles. The van der Waals surface area contributed by atoms with Crippen LogP contribution in [-0.4, -0.2) is 22.6 Å². The zero-order valence-electron chi connectivity index (χ0n) is 12.3. The summed E-state index contributed by atoms with van der Waals surface area (Å²) in [6, 6.07) is 0.433. The Kier molecular flexibility index (Phi) is 5.89. The first-order valence-corrected chi connectivity index (χ1v) is 7.00. The Morgan fingerprint density at radius 1 is 1.11 bits per heavy atom. The summed E-state index contributed by atoms with van der Waals surface area (Å²) in [5.74, 6) is 2.83. The molecule has 0 bridgehead atoms. The van der Waals surface area contributed by atoms with Gasteiger partial charge in [-0.15, -0.1) is 0 Å². The van der Waals surface area contributed by atoms with Crippen molar-refractivity contribution in [3.63, 3.8) is 0 Å². The smallest absolute Gasteiger partial charge is 0.134 e. The number of hydrogen-bond donors (Lipinski definition) is 2. The summed E-state index contributed by atoms with van der Waals surface area (Å²) in [5, 5.41) is 6.84. The Bertz CT molecular complexity index is 376. The van der Waals surface area contributed by atoms with Crippen LogP contribution in [0, 0.1) is 6.92 Å². The Hall–Kier alpha value is -1.32. The van der Waals surface area contributed by atoms with Gasteiger partial charge in [0.2, 0.25) is 0 Å². The number of rotatable bonds is 7. The van der Waals surface area contributed by atoms with Gasteiger partial charge in [-0.2, -0.15) is 0 Å². The highest BCUT2D eigenvalue weighted by atomic mass is 15.1. The van der Waals surface area contributed by atoms with E-state index in [-0.39, 0.29) is 0 Å². The van der Waals surface area contributed by atoms with Crippen LogP contribution in [0.3, 0.4) is 0 Å². The molecule has 1 atom stereocenters. The fourth-order valence-corrected chi connectivity index (χ4v) is 1.61. The molecule has 0 amide bonds. The zero-order valence-corrected chi connectivity index (χ0v) is 12.3. The summed E-state index contributed by atoms with van der Waals surface area (Å²) >= 11 is 0. The number of nitrogens with zero attached hydrogens (tertiary/aromatic N) is 2. The van der Waals surface area contributed by atoms with Crippen LogP contribution in [-0.2, 0) is 6.42 Å². The van der Waals surface area contributed by atoms with Gasteiger partial charge in [0, 0.05) is 24.6 Å². The lowest BCUT2D eigenvalue weighted by molar-refractivity contribution is 0.753. The van der Waals surface area contributed by atoms with E-state index in [2.05, 4.69) is 55.2 Å². The van der Waals surface area contributed by atoms with Gasteiger partial charge in [-0.3, -0.25) is 0 Å². The molecule has 1 aromatic heterocycles. The molecule has 1 rings (SSSR count). The summed E-state index contributed by atoms with van der Waals surface area (Å²) in [7, 11) is 0. The van der Waals surface area contributed by atoms with Gasteiger partial charge in [-0.1, -0.05) is 20.8 Å². The monoisotopic (exact) mass is 250 g/mol. The lowest BCUT2D eigenvalue weighted by Gasteiger charge is -2.17. The Morgan fingerprint density at radius 3 is 2.33 bits per heavy atom. The second-order valence-corrected chi connectivity index (χ2v) is 4.70. The molecule has 0 saturated carbocycles. The molecular weight excluding hydrogens is 224 g/mol. The SMILES string of the molecule is CCCNc1nc(CC)nc(NC(C)CC)c1C. The minimum atomic E-state index is 0.433. The fourth-order valence-electron chi connectivity index (χ4n) is 1.61. The molecule has 102 valence electrons. The van der Waals surface area contributed by atoms with Crippen molar-refractivity contribution in [2.24, 2.45) is 0 Å². The molecule has 1 unspecified atom stereocenters. The van der Waals surface area contributed by atoms with Crippen LogP contribution >= 0.6 is 0 Å². The maximum absolute atomic E-state index is 4.59. The molecule has 18 heavy (non-hydrogen) atoms. The summed E-state index contributed by atoms with van der Waals surface area (Å²) in [6.07, 6.45) is 3.04. The van der Waals surface area contributed by atoms with Crippen molar-refractivity contribution in [2.45, 2.75) is 59.9 Å². The standard InChI is InChI=1S/C14H26N4/c1-6-9-15-13-11(5)14(16-10(4)7-2)18-12(8-3)17-13/h10H,6-9H2,1-5H3,(H2,15,16,17,18). The van der Waals surface area contributed by atoms with Gasteiger partial charge in [0.05, 0.1) is 0 Å². The molecule has 1 heterocycles. The normalized spacial score (nSPS) is 12.3. The van der Waals surface area contributed by atoms with E-state index in [0.29, 0.717) is 6.04 Å². The first-order chi connectivity index (χ1) is 8.62. The van der Waals surface area contributed by atoms with Crippen LogP contribution in [0.2, 0.25) is 0 Å². The van der Waals surface area contributed by atoms with E-state index in [0.717, 1.165) is 48.8 Å². The third-order valence-electron chi connectivity index (χ3n) is 3.05. The van der Waals surface area contributed by atoms with Crippen molar-refractivity contribution in [1.82, 2.24) is 9.97 Å². The largest absolute Gasteiger partial charge is 0.370 e.